The Hall–Kier alpha value is -1.06. The lowest BCUT2D eigenvalue weighted by atomic mass is 10.1. The number of benzene rings is 1. The summed E-state index contributed by atoms with van der Waals surface area (Å²) in [6, 6.07) is 6.33. The maximum Gasteiger partial charge on any atom is 0.0839 e. The molecular weight excluding hydrogens is 224 g/mol. The summed E-state index contributed by atoms with van der Waals surface area (Å²) in [5.41, 5.74) is 3.57. The van der Waals surface area contributed by atoms with Gasteiger partial charge in [0.15, 0.2) is 0 Å². The van der Waals surface area contributed by atoms with Gasteiger partial charge in [-0.05, 0) is 44.1 Å². The van der Waals surface area contributed by atoms with E-state index in [0.717, 1.165) is 25.3 Å². The Morgan fingerprint density at radius 1 is 1.22 bits per heavy atom. The van der Waals surface area contributed by atoms with Gasteiger partial charge in [-0.2, -0.15) is 0 Å². The number of anilines is 1. The van der Waals surface area contributed by atoms with Gasteiger partial charge in [0.25, 0.3) is 0 Å². The first kappa shape index (κ1) is 15.0. The van der Waals surface area contributed by atoms with Gasteiger partial charge in [0.2, 0.25) is 0 Å². The van der Waals surface area contributed by atoms with Crippen molar-refractivity contribution in [2.75, 3.05) is 31.5 Å². The van der Waals surface area contributed by atoms with Gasteiger partial charge in [-0.15, -0.1) is 0 Å². The predicted octanol–water partition coefficient (Wildman–Crippen LogP) is 2.42. The molecule has 1 rings (SSSR count). The van der Waals surface area contributed by atoms with Crippen LogP contribution in [0.5, 0.6) is 0 Å². The summed E-state index contributed by atoms with van der Waals surface area (Å²) in [4.78, 5) is 2.23. The smallest absolute Gasteiger partial charge is 0.0839 e. The first-order chi connectivity index (χ1) is 8.56. The molecule has 0 amide bonds. The summed E-state index contributed by atoms with van der Waals surface area (Å²) in [6.07, 6.45) is -0.329. The zero-order valence-electron chi connectivity index (χ0n) is 12.0. The molecule has 1 unspecified atom stereocenters. The van der Waals surface area contributed by atoms with E-state index in [1.165, 1.54) is 11.1 Å². The van der Waals surface area contributed by atoms with Crippen LogP contribution in [-0.2, 0) is 0 Å². The van der Waals surface area contributed by atoms with E-state index in [1.807, 2.05) is 0 Å². The van der Waals surface area contributed by atoms with Crippen molar-refractivity contribution >= 4 is 5.69 Å². The Kier molecular flexibility index (Phi) is 6.16. The number of hydrogen-bond donors (Lipinski definition) is 2. The Labute approximate surface area is 111 Å². The van der Waals surface area contributed by atoms with Crippen molar-refractivity contribution in [2.24, 2.45) is 0 Å². The van der Waals surface area contributed by atoms with Gasteiger partial charge in [-0.25, -0.2) is 0 Å². The number of likely N-dealkylation sites (N-methyl/N-ethyl adjacent to an activating group) is 1. The van der Waals surface area contributed by atoms with Gasteiger partial charge in [-0.3, -0.25) is 0 Å². The van der Waals surface area contributed by atoms with Crippen molar-refractivity contribution in [3.05, 3.63) is 29.3 Å². The molecule has 0 radical (unpaired) electrons. The van der Waals surface area contributed by atoms with Crippen molar-refractivity contribution in [3.8, 4) is 0 Å². The fourth-order valence-corrected chi connectivity index (χ4v) is 2.00. The standard InChI is InChI=1S/C15H26N2O/c1-5-17(6-2)11-14(18)10-16-15-9-12(3)7-8-13(15)4/h7-9,14,16,18H,5-6,10-11H2,1-4H3. The van der Waals surface area contributed by atoms with Crippen LogP contribution in [0.25, 0.3) is 0 Å². The lowest BCUT2D eigenvalue weighted by Gasteiger charge is -2.22. The Morgan fingerprint density at radius 3 is 2.50 bits per heavy atom. The molecule has 0 bridgehead atoms. The molecule has 0 saturated carbocycles. The molecule has 2 N–H and O–H groups in total. The van der Waals surface area contributed by atoms with Crippen LogP contribution in [-0.4, -0.2) is 42.3 Å². The third-order valence-corrected chi connectivity index (χ3v) is 3.28. The molecule has 0 aromatic heterocycles. The summed E-state index contributed by atoms with van der Waals surface area (Å²) in [6.45, 7) is 11.7. The molecule has 0 saturated heterocycles. The number of hydrogen-bond acceptors (Lipinski definition) is 3. The van der Waals surface area contributed by atoms with Gasteiger partial charge in [0.1, 0.15) is 0 Å². The topological polar surface area (TPSA) is 35.5 Å². The molecule has 0 aliphatic heterocycles. The molecule has 0 spiro atoms. The molecule has 3 heteroatoms. The lowest BCUT2D eigenvalue weighted by Crippen LogP contribution is -2.36. The third-order valence-electron chi connectivity index (χ3n) is 3.28. The molecule has 1 aromatic rings. The van der Waals surface area contributed by atoms with E-state index in [9.17, 15) is 5.11 Å². The number of nitrogens with zero attached hydrogens (tertiary/aromatic N) is 1. The number of aliphatic hydroxyl groups is 1. The van der Waals surface area contributed by atoms with E-state index in [1.54, 1.807) is 0 Å². The highest BCUT2D eigenvalue weighted by Crippen LogP contribution is 2.16. The van der Waals surface area contributed by atoms with Gasteiger partial charge in [-0.1, -0.05) is 26.0 Å². The van der Waals surface area contributed by atoms with Crippen molar-refractivity contribution in [2.45, 2.75) is 33.8 Å². The van der Waals surface area contributed by atoms with Crippen molar-refractivity contribution in [1.82, 2.24) is 4.90 Å². The zero-order chi connectivity index (χ0) is 13.5. The number of rotatable bonds is 7. The van der Waals surface area contributed by atoms with Crippen LogP contribution in [0.2, 0.25) is 0 Å². The largest absolute Gasteiger partial charge is 0.390 e. The van der Waals surface area contributed by atoms with Crippen LogP contribution in [0.1, 0.15) is 25.0 Å². The molecule has 0 aliphatic carbocycles. The number of aryl methyl sites for hydroxylation is 2. The van der Waals surface area contributed by atoms with Gasteiger partial charge in [0, 0.05) is 18.8 Å². The summed E-state index contributed by atoms with van der Waals surface area (Å²) >= 11 is 0. The van der Waals surface area contributed by atoms with E-state index in [-0.39, 0.29) is 6.10 Å². The van der Waals surface area contributed by atoms with E-state index in [4.69, 9.17) is 0 Å². The number of aliphatic hydroxyl groups excluding tert-OH is 1. The molecule has 102 valence electrons. The van der Waals surface area contributed by atoms with E-state index in [2.05, 4.69) is 56.1 Å². The lowest BCUT2D eigenvalue weighted by molar-refractivity contribution is 0.128. The molecule has 1 atom stereocenters. The summed E-state index contributed by atoms with van der Waals surface area (Å²) in [5, 5.41) is 13.3. The SMILES string of the molecule is CCN(CC)CC(O)CNc1cc(C)ccc1C. The maximum absolute atomic E-state index is 10.00. The second-order valence-corrected chi connectivity index (χ2v) is 4.84. The minimum absolute atomic E-state index is 0.329. The molecule has 0 heterocycles. The summed E-state index contributed by atoms with van der Waals surface area (Å²) < 4.78 is 0. The fourth-order valence-electron chi connectivity index (χ4n) is 2.00. The minimum Gasteiger partial charge on any atom is -0.390 e. The van der Waals surface area contributed by atoms with Crippen LogP contribution in [0.3, 0.4) is 0 Å². The summed E-state index contributed by atoms with van der Waals surface area (Å²) in [7, 11) is 0. The monoisotopic (exact) mass is 250 g/mol. The Bertz CT molecular complexity index is 362. The maximum atomic E-state index is 10.00. The molecular formula is C15H26N2O. The van der Waals surface area contributed by atoms with Crippen LogP contribution in [0, 0.1) is 13.8 Å². The molecule has 3 nitrogen and oxygen atoms in total. The van der Waals surface area contributed by atoms with Gasteiger partial charge >= 0.3 is 0 Å². The molecule has 0 aliphatic rings. The highest BCUT2D eigenvalue weighted by Gasteiger charge is 2.09. The average molecular weight is 250 g/mol. The van der Waals surface area contributed by atoms with Crippen molar-refractivity contribution < 1.29 is 5.11 Å². The predicted molar refractivity (Wildman–Crippen MR) is 78.2 cm³/mol. The van der Waals surface area contributed by atoms with E-state index < -0.39 is 0 Å². The van der Waals surface area contributed by atoms with Crippen molar-refractivity contribution in [3.63, 3.8) is 0 Å². The molecule has 0 fully saturated rings. The van der Waals surface area contributed by atoms with Crippen LogP contribution < -0.4 is 5.32 Å². The number of nitrogens with one attached hydrogen (secondary N) is 1. The Balaban J connectivity index is 2.46. The molecule has 1 aromatic carbocycles. The Morgan fingerprint density at radius 2 is 1.89 bits per heavy atom. The first-order valence-corrected chi connectivity index (χ1v) is 6.78. The van der Waals surface area contributed by atoms with Crippen LogP contribution in [0.15, 0.2) is 18.2 Å². The second-order valence-electron chi connectivity index (χ2n) is 4.84. The van der Waals surface area contributed by atoms with Crippen LogP contribution in [0.4, 0.5) is 5.69 Å². The normalized spacial score (nSPS) is 12.8. The molecule has 18 heavy (non-hydrogen) atoms. The quantitative estimate of drug-likeness (QED) is 0.780. The van der Waals surface area contributed by atoms with Crippen molar-refractivity contribution in [1.29, 1.82) is 0 Å². The van der Waals surface area contributed by atoms with Gasteiger partial charge < -0.3 is 15.3 Å². The highest BCUT2D eigenvalue weighted by molar-refractivity contribution is 5.52. The minimum atomic E-state index is -0.329. The van der Waals surface area contributed by atoms with E-state index >= 15 is 0 Å². The second kappa shape index (κ2) is 7.39. The first-order valence-electron chi connectivity index (χ1n) is 6.78. The summed E-state index contributed by atoms with van der Waals surface area (Å²) in [5.74, 6) is 0. The fraction of sp³-hybridized carbons (Fsp3) is 0.600. The highest BCUT2D eigenvalue weighted by atomic mass is 16.3. The average Bonchev–Trinajstić information content (AvgIpc) is 2.37. The van der Waals surface area contributed by atoms with E-state index in [0.29, 0.717) is 6.54 Å². The third kappa shape index (κ3) is 4.67. The van der Waals surface area contributed by atoms with Crippen LogP contribution >= 0.6 is 0 Å². The zero-order valence-corrected chi connectivity index (χ0v) is 12.0. The van der Waals surface area contributed by atoms with Gasteiger partial charge in [0.05, 0.1) is 6.10 Å².